The normalized spacial score (nSPS) is 24.8. The topological polar surface area (TPSA) is 80.4 Å². The second kappa shape index (κ2) is 12.4. The SMILES string of the molecule is CCCCCCCC=CCC1(C(N)=O)CCCCCCC1SC(=O)O. The van der Waals surface area contributed by atoms with Gasteiger partial charge in [-0.3, -0.25) is 4.79 Å². The molecule has 0 heterocycles. The van der Waals surface area contributed by atoms with Crippen LogP contribution < -0.4 is 5.73 Å². The summed E-state index contributed by atoms with van der Waals surface area (Å²) in [6.07, 6.45) is 17.7. The molecule has 0 aromatic heterocycles. The fraction of sp³-hybridized carbons (Fsp3) is 0.800. The quantitative estimate of drug-likeness (QED) is 0.371. The number of carboxylic acid groups (broad SMARTS) is 1. The van der Waals surface area contributed by atoms with E-state index in [0.717, 1.165) is 50.3 Å². The molecule has 1 aliphatic rings. The molecule has 2 unspecified atom stereocenters. The van der Waals surface area contributed by atoms with Crippen molar-refractivity contribution in [3.05, 3.63) is 12.2 Å². The summed E-state index contributed by atoms with van der Waals surface area (Å²) in [7, 11) is 0. The Morgan fingerprint density at radius 2 is 1.84 bits per heavy atom. The summed E-state index contributed by atoms with van der Waals surface area (Å²) in [5.74, 6) is -0.333. The number of nitrogens with two attached hydrogens (primary N) is 1. The summed E-state index contributed by atoms with van der Waals surface area (Å²) in [6.45, 7) is 2.21. The van der Waals surface area contributed by atoms with Crippen molar-refractivity contribution in [1.29, 1.82) is 0 Å². The van der Waals surface area contributed by atoms with Crippen LogP contribution in [0.5, 0.6) is 0 Å². The van der Waals surface area contributed by atoms with E-state index in [1.54, 1.807) is 0 Å². The lowest BCUT2D eigenvalue weighted by molar-refractivity contribution is -0.128. The van der Waals surface area contributed by atoms with E-state index in [1.165, 1.54) is 32.1 Å². The first-order valence-electron chi connectivity index (χ1n) is 9.87. The van der Waals surface area contributed by atoms with Crippen LogP contribution in [-0.2, 0) is 4.79 Å². The van der Waals surface area contributed by atoms with Crippen molar-refractivity contribution < 1.29 is 14.7 Å². The molecule has 0 bridgehead atoms. The van der Waals surface area contributed by atoms with Crippen LogP contribution in [0.4, 0.5) is 4.79 Å². The Kier molecular flexibility index (Phi) is 10.9. The van der Waals surface area contributed by atoms with E-state index in [0.29, 0.717) is 12.8 Å². The van der Waals surface area contributed by atoms with Gasteiger partial charge in [0.2, 0.25) is 5.91 Å². The third kappa shape index (κ3) is 7.85. The summed E-state index contributed by atoms with van der Waals surface area (Å²) in [6, 6.07) is 0. The lowest BCUT2D eigenvalue weighted by atomic mass is 9.72. The lowest BCUT2D eigenvalue weighted by Crippen LogP contribution is -2.46. The molecule has 0 aromatic rings. The molecule has 0 aliphatic heterocycles. The number of allylic oxidation sites excluding steroid dienone is 2. The van der Waals surface area contributed by atoms with E-state index in [1.807, 2.05) is 0 Å². The van der Waals surface area contributed by atoms with Crippen LogP contribution in [0, 0.1) is 5.41 Å². The second-order valence-electron chi connectivity index (χ2n) is 7.22. The van der Waals surface area contributed by atoms with Crippen LogP contribution in [0.15, 0.2) is 12.2 Å². The third-order valence-electron chi connectivity index (χ3n) is 5.31. The molecule has 5 heteroatoms. The summed E-state index contributed by atoms with van der Waals surface area (Å²) in [4.78, 5) is 23.6. The first kappa shape index (κ1) is 22.1. The number of hydrogen-bond acceptors (Lipinski definition) is 3. The summed E-state index contributed by atoms with van der Waals surface area (Å²) >= 11 is 0.893. The molecule has 2 atom stereocenters. The summed E-state index contributed by atoms with van der Waals surface area (Å²) < 4.78 is 0. The van der Waals surface area contributed by atoms with Crippen LogP contribution in [0.25, 0.3) is 0 Å². The van der Waals surface area contributed by atoms with Crippen molar-refractivity contribution in [2.75, 3.05) is 0 Å². The van der Waals surface area contributed by atoms with Crippen molar-refractivity contribution in [3.63, 3.8) is 0 Å². The highest BCUT2D eigenvalue weighted by molar-refractivity contribution is 8.13. The van der Waals surface area contributed by atoms with Gasteiger partial charge >= 0.3 is 5.30 Å². The minimum atomic E-state index is -0.906. The minimum Gasteiger partial charge on any atom is -0.473 e. The number of carbonyl (C=O) groups excluding carboxylic acids is 1. The van der Waals surface area contributed by atoms with E-state index in [2.05, 4.69) is 19.1 Å². The van der Waals surface area contributed by atoms with Crippen molar-refractivity contribution in [2.45, 2.75) is 95.6 Å². The van der Waals surface area contributed by atoms with E-state index in [9.17, 15) is 14.7 Å². The fourth-order valence-electron chi connectivity index (χ4n) is 3.75. The largest absolute Gasteiger partial charge is 0.473 e. The molecule has 0 radical (unpaired) electrons. The number of primary amides is 1. The molecule has 25 heavy (non-hydrogen) atoms. The highest BCUT2D eigenvalue weighted by atomic mass is 32.2. The van der Waals surface area contributed by atoms with Gasteiger partial charge in [0.25, 0.3) is 0 Å². The van der Waals surface area contributed by atoms with E-state index < -0.39 is 10.7 Å². The number of unbranched alkanes of at least 4 members (excludes halogenated alkanes) is 5. The zero-order valence-corrected chi connectivity index (χ0v) is 16.5. The monoisotopic (exact) mass is 369 g/mol. The van der Waals surface area contributed by atoms with Gasteiger partial charge in [-0.2, -0.15) is 0 Å². The molecule has 0 spiro atoms. The second-order valence-corrected chi connectivity index (χ2v) is 8.38. The number of rotatable bonds is 10. The number of hydrogen-bond donors (Lipinski definition) is 2. The van der Waals surface area contributed by atoms with Crippen LogP contribution >= 0.6 is 11.8 Å². The number of carbonyl (C=O) groups is 2. The maximum absolute atomic E-state index is 12.4. The van der Waals surface area contributed by atoms with Crippen LogP contribution in [0.1, 0.15) is 90.4 Å². The van der Waals surface area contributed by atoms with Gasteiger partial charge in [0.1, 0.15) is 0 Å². The van der Waals surface area contributed by atoms with Gasteiger partial charge in [-0.05, 0) is 43.9 Å². The van der Waals surface area contributed by atoms with E-state index in [4.69, 9.17) is 5.73 Å². The van der Waals surface area contributed by atoms with Gasteiger partial charge in [0.15, 0.2) is 0 Å². The zero-order chi connectivity index (χ0) is 18.5. The molecular formula is C20H35NO3S. The van der Waals surface area contributed by atoms with Gasteiger partial charge < -0.3 is 10.8 Å². The van der Waals surface area contributed by atoms with Gasteiger partial charge in [-0.15, -0.1) is 0 Å². The Balaban J connectivity index is 2.69. The molecule has 0 saturated heterocycles. The summed E-state index contributed by atoms with van der Waals surface area (Å²) in [5.41, 5.74) is 5.09. The maximum Gasteiger partial charge on any atom is 0.365 e. The van der Waals surface area contributed by atoms with Crippen LogP contribution in [0.2, 0.25) is 0 Å². The Morgan fingerprint density at radius 1 is 1.12 bits per heavy atom. The molecular weight excluding hydrogens is 334 g/mol. The molecule has 1 aliphatic carbocycles. The Bertz CT molecular complexity index is 439. The average molecular weight is 370 g/mol. The number of amides is 1. The zero-order valence-electron chi connectivity index (χ0n) is 15.7. The maximum atomic E-state index is 12.4. The molecule has 1 rings (SSSR count). The predicted octanol–water partition coefficient (Wildman–Crippen LogP) is 5.90. The van der Waals surface area contributed by atoms with Crippen LogP contribution in [-0.4, -0.2) is 21.6 Å². The molecule has 0 aromatic carbocycles. The van der Waals surface area contributed by atoms with Gasteiger partial charge in [0, 0.05) is 5.25 Å². The van der Waals surface area contributed by atoms with E-state index >= 15 is 0 Å². The average Bonchev–Trinajstić information content (AvgIpc) is 2.54. The highest BCUT2D eigenvalue weighted by Gasteiger charge is 2.44. The molecule has 1 amide bonds. The standard InChI is InChI=1S/C20H35NO3S/c1-2-3-4-5-6-7-9-12-15-20(18(21)22)16-13-10-8-11-14-17(20)25-19(23)24/h9,12,17H,2-8,10-11,13-16H2,1H3,(H2,21,22)(H,23,24). The first-order valence-corrected chi connectivity index (χ1v) is 10.8. The van der Waals surface area contributed by atoms with Gasteiger partial charge in [-0.1, -0.05) is 70.4 Å². The van der Waals surface area contributed by atoms with Crippen molar-refractivity contribution in [2.24, 2.45) is 11.1 Å². The molecule has 1 saturated carbocycles. The molecule has 1 fully saturated rings. The van der Waals surface area contributed by atoms with Crippen molar-refractivity contribution in [1.82, 2.24) is 0 Å². The van der Waals surface area contributed by atoms with E-state index in [-0.39, 0.29) is 11.2 Å². The predicted molar refractivity (Wildman–Crippen MR) is 106 cm³/mol. The first-order chi connectivity index (χ1) is 12.0. The molecule has 4 nitrogen and oxygen atoms in total. The number of thioether (sulfide) groups is 1. The molecule has 144 valence electrons. The lowest BCUT2D eigenvalue weighted by Gasteiger charge is -2.38. The Hall–Kier alpha value is -0.970. The highest BCUT2D eigenvalue weighted by Crippen LogP contribution is 2.44. The van der Waals surface area contributed by atoms with Gasteiger partial charge in [-0.25, -0.2) is 4.79 Å². The van der Waals surface area contributed by atoms with Crippen molar-refractivity contribution in [3.8, 4) is 0 Å². The minimum absolute atomic E-state index is 0.225. The van der Waals surface area contributed by atoms with Crippen molar-refractivity contribution >= 4 is 23.0 Å². The molecule has 3 N–H and O–H groups in total. The Morgan fingerprint density at radius 3 is 2.52 bits per heavy atom. The Labute approximate surface area is 157 Å². The smallest absolute Gasteiger partial charge is 0.365 e. The van der Waals surface area contributed by atoms with Gasteiger partial charge in [0.05, 0.1) is 5.41 Å². The third-order valence-corrected chi connectivity index (χ3v) is 6.49. The van der Waals surface area contributed by atoms with Crippen LogP contribution in [0.3, 0.4) is 0 Å². The summed E-state index contributed by atoms with van der Waals surface area (Å²) in [5, 5.41) is 8.12. The fourth-order valence-corrected chi connectivity index (χ4v) is 4.83.